The Morgan fingerprint density at radius 2 is 1.89 bits per heavy atom. The number of rotatable bonds is 3. The number of hydrogen-bond donors (Lipinski definition) is 1. The van der Waals surface area contributed by atoms with Crippen LogP contribution in [0.5, 0.6) is 0 Å². The number of benzene rings is 1. The minimum atomic E-state index is -3.21. The van der Waals surface area contributed by atoms with Gasteiger partial charge in [-0.2, -0.15) is 0 Å². The SMILES string of the molecule is CS(=O)(=O)c1ccc(C(=O)N2CC(CN)C2)cc1. The van der Waals surface area contributed by atoms with E-state index in [1.807, 2.05) is 0 Å². The largest absolute Gasteiger partial charge is 0.338 e. The first kappa shape index (κ1) is 13.0. The Bertz CT molecular complexity index is 545. The van der Waals surface area contributed by atoms with Crippen molar-refractivity contribution < 1.29 is 13.2 Å². The van der Waals surface area contributed by atoms with Crippen LogP contribution >= 0.6 is 0 Å². The molecular weight excluding hydrogens is 252 g/mol. The summed E-state index contributed by atoms with van der Waals surface area (Å²) in [6.45, 7) is 1.96. The second-order valence-corrected chi connectivity index (χ2v) is 6.62. The summed E-state index contributed by atoms with van der Waals surface area (Å²) < 4.78 is 22.6. The van der Waals surface area contributed by atoms with Crippen LogP contribution in [-0.4, -0.2) is 45.1 Å². The van der Waals surface area contributed by atoms with Crippen molar-refractivity contribution in [2.45, 2.75) is 4.90 Å². The Hall–Kier alpha value is -1.40. The molecule has 0 spiro atoms. The summed E-state index contributed by atoms with van der Waals surface area (Å²) >= 11 is 0. The van der Waals surface area contributed by atoms with E-state index < -0.39 is 9.84 Å². The molecule has 0 aromatic heterocycles. The molecule has 0 atom stereocenters. The van der Waals surface area contributed by atoms with Crippen LogP contribution in [0, 0.1) is 5.92 Å². The van der Waals surface area contributed by atoms with E-state index in [1.165, 1.54) is 12.1 Å². The zero-order chi connectivity index (χ0) is 13.3. The molecule has 98 valence electrons. The minimum Gasteiger partial charge on any atom is -0.338 e. The molecule has 1 aromatic carbocycles. The van der Waals surface area contributed by atoms with Crippen molar-refractivity contribution in [1.29, 1.82) is 0 Å². The summed E-state index contributed by atoms with van der Waals surface area (Å²) in [7, 11) is -3.21. The lowest BCUT2D eigenvalue weighted by Gasteiger charge is -2.38. The Morgan fingerprint density at radius 3 is 2.33 bits per heavy atom. The highest BCUT2D eigenvalue weighted by Gasteiger charge is 2.29. The first-order valence-corrected chi connectivity index (χ1v) is 7.60. The Kier molecular flexibility index (Phi) is 3.41. The van der Waals surface area contributed by atoms with E-state index in [-0.39, 0.29) is 10.8 Å². The molecule has 0 unspecified atom stereocenters. The molecule has 0 bridgehead atoms. The molecule has 1 aliphatic rings. The maximum absolute atomic E-state index is 12.0. The van der Waals surface area contributed by atoms with Crippen molar-refractivity contribution in [2.75, 3.05) is 25.9 Å². The predicted molar refractivity (Wildman–Crippen MR) is 68.0 cm³/mol. The third kappa shape index (κ3) is 2.54. The number of sulfone groups is 1. The zero-order valence-corrected chi connectivity index (χ0v) is 11.0. The summed E-state index contributed by atoms with van der Waals surface area (Å²) in [4.78, 5) is 13.9. The average molecular weight is 268 g/mol. The van der Waals surface area contributed by atoms with Gasteiger partial charge in [-0.3, -0.25) is 4.79 Å². The van der Waals surface area contributed by atoms with E-state index in [0.29, 0.717) is 31.1 Å². The lowest BCUT2D eigenvalue weighted by Crippen LogP contribution is -2.52. The molecular formula is C12H16N2O3S. The third-order valence-electron chi connectivity index (χ3n) is 3.11. The van der Waals surface area contributed by atoms with Crippen molar-refractivity contribution in [3.63, 3.8) is 0 Å². The summed E-state index contributed by atoms with van der Waals surface area (Å²) in [6.07, 6.45) is 1.14. The van der Waals surface area contributed by atoms with E-state index >= 15 is 0 Å². The monoisotopic (exact) mass is 268 g/mol. The second kappa shape index (κ2) is 4.70. The van der Waals surface area contributed by atoms with Gasteiger partial charge in [0.2, 0.25) is 0 Å². The van der Waals surface area contributed by atoms with E-state index in [0.717, 1.165) is 6.26 Å². The van der Waals surface area contributed by atoms with Crippen LogP contribution in [0.2, 0.25) is 0 Å². The maximum atomic E-state index is 12.0. The van der Waals surface area contributed by atoms with Gasteiger partial charge in [-0.1, -0.05) is 0 Å². The Balaban J connectivity index is 2.09. The van der Waals surface area contributed by atoms with Crippen LogP contribution in [0.15, 0.2) is 29.2 Å². The Labute approximate surface area is 107 Å². The van der Waals surface area contributed by atoms with Crippen LogP contribution in [0.4, 0.5) is 0 Å². The fourth-order valence-corrected chi connectivity index (χ4v) is 2.54. The van der Waals surface area contributed by atoms with Gasteiger partial charge in [0.15, 0.2) is 9.84 Å². The smallest absolute Gasteiger partial charge is 0.253 e. The maximum Gasteiger partial charge on any atom is 0.253 e. The predicted octanol–water partition coefficient (Wildman–Crippen LogP) is 0.121. The van der Waals surface area contributed by atoms with Crippen LogP contribution in [0.25, 0.3) is 0 Å². The highest BCUT2D eigenvalue weighted by atomic mass is 32.2. The molecule has 0 radical (unpaired) electrons. The summed E-state index contributed by atoms with van der Waals surface area (Å²) in [5, 5.41) is 0. The molecule has 1 heterocycles. The lowest BCUT2D eigenvalue weighted by atomic mass is 9.99. The molecule has 18 heavy (non-hydrogen) atoms. The van der Waals surface area contributed by atoms with Crippen LogP contribution in [0.1, 0.15) is 10.4 Å². The molecule has 2 rings (SSSR count). The molecule has 5 nitrogen and oxygen atoms in total. The normalized spacial score (nSPS) is 16.4. The molecule has 6 heteroatoms. The van der Waals surface area contributed by atoms with Crippen LogP contribution in [0.3, 0.4) is 0 Å². The van der Waals surface area contributed by atoms with Gasteiger partial charge in [-0.15, -0.1) is 0 Å². The van der Waals surface area contributed by atoms with Gasteiger partial charge in [0.1, 0.15) is 0 Å². The molecule has 0 aliphatic carbocycles. The van der Waals surface area contributed by atoms with Gasteiger partial charge in [0, 0.05) is 30.8 Å². The minimum absolute atomic E-state index is 0.0697. The number of nitrogens with two attached hydrogens (primary N) is 1. The summed E-state index contributed by atoms with van der Waals surface area (Å²) in [6, 6.07) is 6.02. The summed E-state index contributed by atoms with van der Waals surface area (Å²) in [5.74, 6) is 0.323. The van der Waals surface area contributed by atoms with E-state index in [9.17, 15) is 13.2 Å². The highest BCUT2D eigenvalue weighted by Crippen LogP contribution is 2.18. The number of likely N-dealkylation sites (tertiary alicyclic amines) is 1. The van der Waals surface area contributed by atoms with Crippen molar-refractivity contribution in [2.24, 2.45) is 11.7 Å². The van der Waals surface area contributed by atoms with Gasteiger partial charge in [0.05, 0.1) is 4.90 Å². The van der Waals surface area contributed by atoms with E-state index in [2.05, 4.69) is 0 Å². The van der Waals surface area contributed by atoms with Gasteiger partial charge in [0.25, 0.3) is 5.91 Å². The van der Waals surface area contributed by atoms with Crippen molar-refractivity contribution in [1.82, 2.24) is 4.90 Å². The quantitative estimate of drug-likeness (QED) is 0.844. The molecule has 1 fully saturated rings. The zero-order valence-electron chi connectivity index (χ0n) is 10.2. The standard InChI is InChI=1S/C12H16N2O3S/c1-18(16,17)11-4-2-10(3-5-11)12(15)14-7-9(6-13)8-14/h2-5,9H,6-8,13H2,1H3. The fourth-order valence-electron chi connectivity index (χ4n) is 1.91. The van der Waals surface area contributed by atoms with Gasteiger partial charge >= 0.3 is 0 Å². The molecule has 0 saturated carbocycles. The first-order chi connectivity index (χ1) is 8.41. The molecule has 1 amide bonds. The number of carbonyl (C=O) groups excluding carboxylic acids is 1. The molecule has 1 saturated heterocycles. The number of carbonyl (C=O) groups is 1. The lowest BCUT2D eigenvalue weighted by molar-refractivity contribution is 0.0515. The number of hydrogen-bond acceptors (Lipinski definition) is 4. The topological polar surface area (TPSA) is 80.5 Å². The number of amides is 1. The Morgan fingerprint density at radius 1 is 1.33 bits per heavy atom. The number of nitrogens with zero attached hydrogens (tertiary/aromatic N) is 1. The van der Waals surface area contributed by atoms with Crippen LogP contribution < -0.4 is 5.73 Å². The van der Waals surface area contributed by atoms with E-state index in [1.54, 1.807) is 17.0 Å². The van der Waals surface area contributed by atoms with Crippen molar-refractivity contribution in [3.8, 4) is 0 Å². The van der Waals surface area contributed by atoms with Crippen molar-refractivity contribution in [3.05, 3.63) is 29.8 Å². The van der Waals surface area contributed by atoms with Gasteiger partial charge < -0.3 is 10.6 Å². The second-order valence-electron chi connectivity index (χ2n) is 4.61. The van der Waals surface area contributed by atoms with Crippen LogP contribution in [-0.2, 0) is 9.84 Å². The van der Waals surface area contributed by atoms with Crippen molar-refractivity contribution >= 4 is 15.7 Å². The molecule has 1 aliphatic heterocycles. The highest BCUT2D eigenvalue weighted by molar-refractivity contribution is 7.90. The average Bonchev–Trinajstić information content (AvgIpc) is 2.26. The van der Waals surface area contributed by atoms with Gasteiger partial charge in [-0.05, 0) is 30.8 Å². The molecule has 1 aromatic rings. The third-order valence-corrected chi connectivity index (χ3v) is 4.24. The van der Waals surface area contributed by atoms with E-state index in [4.69, 9.17) is 5.73 Å². The fraction of sp³-hybridized carbons (Fsp3) is 0.417. The first-order valence-electron chi connectivity index (χ1n) is 5.71. The van der Waals surface area contributed by atoms with Gasteiger partial charge in [-0.25, -0.2) is 8.42 Å². The molecule has 2 N–H and O–H groups in total. The summed E-state index contributed by atoms with van der Waals surface area (Å²) in [5.41, 5.74) is 6.01.